The van der Waals surface area contributed by atoms with E-state index in [0.29, 0.717) is 45.6 Å². The zero-order chi connectivity index (χ0) is 38.9. The maximum atomic E-state index is 12.7. The van der Waals surface area contributed by atoms with Crippen molar-refractivity contribution in [1.29, 1.82) is 0 Å². The van der Waals surface area contributed by atoms with Crippen LogP contribution in [0.1, 0.15) is 71.9 Å². The Labute approximate surface area is 343 Å². The van der Waals surface area contributed by atoms with Gasteiger partial charge in [-0.3, -0.25) is 24.1 Å². The number of carboxylic acid groups (broad SMARTS) is 1. The molecule has 17 nitrogen and oxygen atoms in total. The van der Waals surface area contributed by atoms with Crippen LogP contribution < -0.4 is 11.4 Å². The molecule has 8 rings (SSSR count). The quantitative estimate of drug-likeness (QED) is 0.277. The van der Waals surface area contributed by atoms with E-state index in [2.05, 4.69) is 27.2 Å². The van der Waals surface area contributed by atoms with E-state index >= 15 is 0 Å². The molecule has 0 aromatic heterocycles. The minimum absolute atomic E-state index is 0. The molecule has 0 unspecified atom stereocenters. The SMILES string of the molecule is C.C.C.CN1CC[C@H](ON)C1.CN1CC[C@H](ONC(=O)[C@@H]2CC[C@@H]3CN2C(=O)N3OCc2ccccc2)C1.O=C(O)[C@@H]1CC[C@@H]2CN1C(=O)N2OCc1ccccc1. The fraction of sp³-hybridized carbons (Fsp3) is 0.610. The van der Waals surface area contributed by atoms with Crippen molar-refractivity contribution >= 4 is 23.9 Å². The predicted molar refractivity (Wildman–Crippen MR) is 218 cm³/mol. The van der Waals surface area contributed by atoms with Crippen LogP contribution >= 0.6 is 0 Å². The van der Waals surface area contributed by atoms with Crippen LogP contribution in [0.15, 0.2) is 60.7 Å². The summed E-state index contributed by atoms with van der Waals surface area (Å²) in [6.45, 7) is 5.46. The molecule has 5 amide bonds. The lowest BCUT2D eigenvalue weighted by molar-refractivity contribution is -0.144. The summed E-state index contributed by atoms with van der Waals surface area (Å²) in [4.78, 5) is 77.5. The number of hydrogen-bond donors (Lipinski definition) is 3. The molecule has 6 aliphatic rings. The lowest BCUT2D eigenvalue weighted by Gasteiger charge is -2.29. The maximum Gasteiger partial charge on any atom is 0.345 e. The number of carbonyl (C=O) groups excluding carboxylic acids is 3. The Bertz CT molecular complexity index is 1590. The highest BCUT2D eigenvalue weighted by atomic mass is 16.7. The number of carboxylic acids is 1. The molecule has 0 saturated carbocycles. The largest absolute Gasteiger partial charge is 0.480 e. The van der Waals surface area contributed by atoms with E-state index in [4.69, 9.17) is 25.5 Å². The second-order valence-electron chi connectivity index (χ2n) is 14.9. The molecule has 324 valence electrons. The van der Waals surface area contributed by atoms with E-state index in [1.807, 2.05) is 67.7 Å². The summed E-state index contributed by atoms with van der Waals surface area (Å²) in [5, 5.41) is 11.9. The van der Waals surface area contributed by atoms with E-state index in [1.54, 1.807) is 4.90 Å². The van der Waals surface area contributed by atoms with Crippen molar-refractivity contribution in [2.75, 3.05) is 53.4 Å². The van der Waals surface area contributed by atoms with Gasteiger partial charge in [0, 0.05) is 39.3 Å². The van der Waals surface area contributed by atoms with Crippen LogP contribution in [0.5, 0.6) is 0 Å². The normalized spacial score (nSPS) is 26.1. The molecule has 6 aliphatic heterocycles. The molecule has 6 heterocycles. The van der Waals surface area contributed by atoms with Crippen molar-refractivity contribution in [2.45, 2.75) is 110 Å². The van der Waals surface area contributed by atoms with Crippen molar-refractivity contribution < 1.29 is 43.6 Å². The molecule has 58 heavy (non-hydrogen) atoms. The number of nitrogens with one attached hydrogen (secondary N) is 1. The van der Waals surface area contributed by atoms with Crippen LogP contribution in [-0.4, -0.2) is 149 Å². The highest BCUT2D eigenvalue weighted by Crippen LogP contribution is 2.32. The van der Waals surface area contributed by atoms with Crippen molar-refractivity contribution in [3.05, 3.63) is 71.8 Å². The van der Waals surface area contributed by atoms with Gasteiger partial charge in [0.05, 0.1) is 24.3 Å². The summed E-state index contributed by atoms with van der Waals surface area (Å²) < 4.78 is 0. The van der Waals surface area contributed by atoms with Gasteiger partial charge in [0.2, 0.25) is 0 Å². The zero-order valence-corrected chi connectivity index (χ0v) is 31.6. The number of fused-ring (bicyclic) bond motifs is 4. The van der Waals surface area contributed by atoms with Gasteiger partial charge in [-0.2, -0.15) is 10.1 Å². The van der Waals surface area contributed by atoms with E-state index in [9.17, 15) is 19.2 Å². The number of nitrogens with zero attached hydrogens (tertiary/aromatic N) is 6. The molecule has 0 radical (unpaired) electrons. The first kappa shape index (κ1) is 48.0. The van der Waals surface area contributed by atoms with Crippen LogP contribution in [0.3, 0.4) is 0 Å². The van der Waals surface area contributed by atoms with Gasteiger partial charge in [-0.25, -0.2) is 25.8 Å². The molecular weight excluding hydrogens is 748 g/mol. The Hall–Kier alpha value is -4.36. The molecule has 0 aliphatic carbocycles. The number of hydroxylamine groups is 5. The second kappa shape index (κ2) is 22.7. The number of carbonyl (C=O) groups is 4. The van der Waals surface area contributed by atoms with Crippen LogP contribution in [0.25, 0.3) is 0 Å². The minimum atomic E-state index is -0.943. The van der Waals surface area contributed by atoms with Crippen LogP contribution in [0.4, 0.5) is 9.59 Å². The van der Waals surface area contributed by atoms with Gasteiger partial charge >= 0.3 is 18.0 Å². The van der Waals surface area contributed by atoms with E-state index in [0.717, 1.165) is 56.6 Å². The summed E-state index contributed by atoms with van der Waals surface area (Å²) in [6, 6.07) is 17.5. The van der Waals surface area contributed by atoms with Crippen LogP contribution in [-0.2, 0) is 42.2 Å². The molecule has 6 atom stereocenters. The summed E-state index contributed by atoms with van der Waals surface area (Å²) in [5.74, 6) is 3.78. The number of hydrogen-bond acceptors (Lipinski definition) is 11. The highest BCUT2D eigenvalue weighted by Gasteiger charge is 2.49. The van der Waals surface area contributed by atoms with E-state index < -0.39 is 18.1 Å². The molecule has 2 aromatic rings. The zero-order valence-electron chi connectivity index (χ0n) is 31.6. The van der Waals surface area contributed by atoms with Gasteiger partial charge in [-0.05, 0) is 63.7 Å². The number of benzene rings is 2. The first-order valence-electron chi connectivity index (χ1n) is 19.1. The maximum absolute atomic E-state index is 12.7. The average Bonchev–Trinajstić information content (AvgIpc) is 3.95. The summed E-state index contributed by atoms with van der Waals surface area (Å²) in [6.07, 6.45) is 4.75. The third-order valence-corrected chi connectivity index (χ3v) is 10.9. The lowest BCUT2D eigenvalue weighted by atomic mass is 10.0. The van der Waals surface area contributed by atoms with Crippen molar-refractivity contribution in [1.82, 2.24) is 35.2 Å². The third kappa shape index (κ3) is 12.1. The number of nitrogens with two attached hydrogens (primary N) is 1. The minimum Gasteiger partial charge on any atom is -0.480 e. The summed E-state index contributed by atoms with van der Waals surface area (Å²) >= 11 is 0. The molecule has 6 fully saturated rings. The second-order valence-corrected chi connectivity index (χ2v) is 14.9. The number of urea groups is 2. The Kier molecular flexibility index (Phi) is 18.8. The molecule has 17 heteroatoms. The molecular formula is C41H66N8O9. The van der Waals surface area contributed by atoms with Gasteiger partial charge in [-0.15, -0.1) is 0 Å². The Morgan fingerprint density at radius 3 is 1.53 bits per heavy atom. The van der Waals surface area contributed by atoms with Crippen LogP contribution in [0, 0.1) is 0 Å². The monoisotopic (exact) mass is 814 g/mol. The number of likely N-dealkylation sites (tertiary alicyclic amines) is 2. The van der Waals surface area contributed by atoms with Crippen molar-refractivity contribution in [3.8, 4) is 0 Å². The van der Waals surface area contributed by atoms with Gasteiger partial charge in [-0.1, -0.05) is 82.9 Å². The van der Waals surface area contributed by atoms with Crippen molar-refractivity contribution in [3.63, 3.8) is 0 Å². The number of likely N-dealkylation sites (N-methyl/N-ethyl adjacent to an activating group) is 2. The Balaban J connectivity index is 0.000000256. The van der Waals surface area contributed by atoms with Crippen molar-refractivity contribution in [2.24, 2.45) is 5.90 Å². The average molecular weight is 815 g/mol. The molecule has 4 bridgehead atoms. The number of rotatable bonds is 11. The van der Waals surface area contributed by atoms with E-state index in [1.165, 1.54) is 15.0 Å². The lowest BCUT2D eigenvalue weighted by Crippen LogP contribution is -2.50. The topological polar surface area (TPSA) is 183 Å². The molecule has 2 aromatic carbocycles. The number of amides is 5. The first-order valence-corrected chi connectivity index (χ1v) is 19.1. The number of piperidine rings is 2. The van der Waals surface area contributed by atoms with Gasteiger partial charge in [0.15, 0.2) is 0 Å². The Morgan fingerprint density at radius 1 is 0.672 bits per heavy atom. The standard InChI is InChI=1S/C19H26N4O4.C14H16N2O4.C5H12N2O.3CH4/c1-21-10-9-16(12-21)27-20-18(24)17-8-7-15-11-22(17)19(25)23(15)26-13-14-5-3-2-4-6-14;17-13(18)12-7-6-11-8-15(12)14(19)16(11)20-9-10-4-2-1-3-5-10;1-7-3-2-5(4-7)8-6;;;/h2-6,15-17H,7-13H2,1H3,(H,20,24);1-5,11-12H,6-9H2,(H,17,18);5H,2-4,6H2,1H3;3*1H4/t15-,16+,17+;11-,12+;5-;;;/m110.../s1. The first-order chi connectivity index (χ1) is 26.6. The summed E-state index contributed by atoms with van der Waals surface area (Å²) in [7, 11) is 4.10. The highest BCUT2D eigenvalue weighted by molar-refractivity contribution is 5.88. The third-order valence-electron chi connectivity index (χ3n) is 10.9. The summed E-state index contributed by atoms with van der Waals surface area (Å²) in [5.41, 5.74) is 4.56. The van der Waals surface area contributed by atoms with E-state index in [-0.39, 0.29) is 64.5 Å². The van der Waals surface area contributed by atoms with Gasteiger partial charge < -0.3 is 24.7 Å². The smallest absolute Gasteiger partial charge is 0.345 e. The fourth-order valence-electron chi connectivity index (χ4n) is 7.77. The molecule has 6 saturated heterocycles. The molecule has 4 N–H and O–H groups in total. The number of aliphatic carboxylic acids is 1. The fourth-order valence-corrected chi connectivity index (χ4v) is 7.77. The Morgan fingerprint density at radius 2 is 1.12 bits per heavy atom. The van der Waals surface area contributed by atoms with Crippen LogP contribution in [0.2, 0.25) is 0 Å². The predicted octanol–water partition coefficient (Wildman–Crippen LogP) is 4.10. The van der Waals surface area contributed by atoms with Gasteiger partial charge in [0.1, 0.15) is 25.3 Å². The molecule has 0 spiro atoms. The van der Waals surface area contributed by atoms with Gasteiger partial charge in [0.25, 0.3) is 5.91 Å².